The number of nitrogens with zero attached hydrogens (tertiary/aromatic N) is 2. The van der Waals surface area contributed by atoms with E-state index < -0.39 is 15.9 Å². The van der Waals surface area contributed by atoms with Crippen LogP contribution in [0.3, 0.4) is 0 Å². The molecule has 0 saturated carbocycles. The van der Waals surface area contributed by atoms with Crippen LogP contribution in [0.4, 0.5) is 16.2 Å². The Morgan fingerprint density at radius 2 is 1.88 bits per heavy atom. The number of ether oxygens (including phenoxy) is 1. The predicted molar refractivity (Wildman–Crippen MR) is 133 cm³/mol. The summed E-state index contributed by atoms with van der Waals surface area (Å²) in [6.07, 6.45) is 4.59. The van der Waals surface area contributed by atoms with Crippen molar-refractivity contribution in [2.75, 3.05) is 22.6 Å². The van der Waals surface area contributed by atoms with Gasteiger partial charge in [-0.1, -0.05) is 25.3 Å². The monoisotopic (exact) mass is 484 g/mol. The van der Waals surface area contributed by atoms with Gasteiger partial charge in [-0.3, -0.25) is 9.69 Å². The molecule has 0 N–H and O–H groups in total. The van der Waals surface area contributed by atoms with Crippen molar-refractivity contribution in [3.8, 4) is 0 Å². The van der Waals surface area contributed by atoms with Crippen molar-refractivity contribution in [3.05, 3.63) is 78.1 Å². The zero-order chi connectivity index (χ0) is 25.2. The van der Waals surface area contributed by atoms with E-state index in [2.05, 4.69) is 13.2 Å². The van der Waals surface area contributed by atoms with Crippen LogP contribution in [-0.4, -0.2) is 45.4 Å². The van der Waals surface area contributed by atoms with E-state index in [1.807, 2.05) is 6.92 Å². The van der Waals surface area contributed by atoms with Crippen molar-refractivity contribution in [1.82, 2.24) is 0 Å². The Labute approximate surface area is 199 Å². The summed E-state index contributed by atoms with van der Waals surface area (Å²) in [5, 5.41) is 0. The third kappa shape index (κ3) is 5.31. The number of anilines is 2. The Morgan fingerprint density at radius 1 is 1.18 bits per heavy atom. The molecule has 1 atom stereocenters. The van der Waals surface area contributed by atoms with Gasteiger partial charge in [-0.15, -0.1) is 0 Å². The Hall–Kier alpha value is -3.59. The first kappa shape index (κ1) is 25.0. The van der Waals surface area contributed by atoms with Crippen molar-refractivity contribution < 1.29 is 27.2 Å². The Bertz CT molecular complexity index is 1260. The highest BCUT2D eigenvalue weighted by Gasteiger charge is 2.37. The number of rotatable bonds is 6. The standard InChI is InChI=1S/C25H28N2O6S/c1-16(2)33-25(29)27-18(4)15-26(24(28)23-8-7-13-32-23)22-14-20(11-12-21(22)27)17(3)9-10-19(5)34(6,30)31/h7-14,16,18H,3,5,15H2,1-2,4,6H3/b10-9-. The molecule has 0 saturated heterocycles. The van der Waals surface area contributed by atoms with Crippen LogP contribution in [-0.2, 0) is 14.6 Å². The number of furan rings is 1. The molecule has 9 heteroatoms. The number of carbonyl (C=O) groups is 2. The maximum Gasteiger partial charge on any atom is 0.414 e. The molecule has 1 aromatic carbocycles. The molecule has 1 aliphatic heterocycles. The first-order chi connectivity index (χ1) is 15.9. The molecule has 0 spiro atoms. The van der Waals surface area contributed by atoms with Crippen LogP contribution < -0.4 is 9.80 Å². The summed E-state index contributed by atoms with van der Waals surface area (Å²) in [6.45, 7) is 13.1. The summed E-state index contributed by atoms with van der Waals surface area (Å²) in [5.41, 5.74) is 2.13. The minimum atomic E-state index is -3.42. The lowest BCUT2D eigenvalue weighted by Gasteiger charge is -2.40. The number of amides is 2. The van der Waals surface area contributed by atoms with Crippen LogP contribution in [0.1, 0.15) is 36.9 Å². The first-order valence-corrected chi connectivity index (χ1v) is 12.5. The van der Waals surface area contributed by atoms with E-state index in [0.29, 0.717) is 22.5 Å². The van der Waals surface area contributed by atoms with Gasteiger partial charge in [-0.2, -0.15) is 0 Å². The highest BCUT2D eigenvalue weighted by molar-refractivity contribution is 7.94. The van der Waals surface area contributed by atoms with Gasteiger partial charge in [0.25, 0.3) is 5.91 Å². The van der Waals surface area contributed by atoms with Crippen LogP contribution >= 0.6 is 0 Å². The van der Waals surface area contributed by atoms with Crippen molar-refractivity contribution >= 4 is 38.8 Å². The van der Waals surface area contributed by atoms with Gasteiger partial charge >= 0.3 is 6.09 Å². The number of fused-ring (bicyclic) bond motifs is 1. The normalized spacial score (nSPS) is 16.0. The van der Waals surface area contributed by atoms with Gasteiger partial charge in [-0.05, 0) is 62.2 Å². The summed E-state index contributed by atoms with van der Waals surface area (Å²) in [4.78, 5) is 29.1. The number of benzene rings is 1. The zero-order valence-electron chi connectivity index (χ0n) is 19.6. The number of sulfone groups is 1. The van der Waals surface area contributed by atoms with Gasteiger partial charge in [-0.25, -0.2) is 13.2 Å². The molecule has 3 rings (SSSR count). The molecule has 8 nitrogen and oxygen atoms in total. The van der Waals surface area contributed by atoms with Crippen molar-refractivity contribution in [2.45, 2.75) is 32.9 Å². The van der Waals surface area contributed by atoms with Gasteiger partial charge in [0.15, 0.2) is 15.6 Å². The SMILES string of the molecule is C=C(/C=C\C(=C)S(C)(=O)=O)c1ccc2c(c1)N(C(=O)c1ccco1)CC(C)N2C(=O)OC(C)C. The van der Waals surface area contributed by atoms with Crippen LogP contribution in [0.25, 0.3) is 5.57 Å². The number of carbonyl (C=O) groups excluding carboxylic acids is 2. The highest BCUT2D eigenvalue weighted by atomic mass is 32.2. The molecule has 34 heavy (non-hydrogen) atoms. The molecular weight excluding hydrogens is 456 g/mol. The fourth-order valence-electron chi connectivity index (χ4n) is 3.50. The summed E-state index contributed by atoms with van der Waals surface area (Å²) in [7, 11) is -3.42. The number of hydrogen-bond acceptors (Lipinski definition) is 6. The smallest absolute Gasteiger partial charge is 0.414 e. The van der Waals surface area contributed by atoms with E-state index in [-0.39, 0.29) is 35.3 Å². The molecule has 0 radical (unpaired) electrons. The van der Waals surface area contributed by atoms with Gasteiger partial charge in [0.2, 0.25) is 0 Å². The van der Waals surface area contributed by atoms with E-state index in [1.165, 1.54) is 17.2 Å². The van der Waals surface area contributed by atoms with Gasteiger partial charge < -0.3 is 14.1 Å². The van der Waals surface area contributed by atoms with Crippen LogP contribution in [0.5, 0.6) is 0 Å². The summed E-state index contributed by atoms with van der Waals surface area (Å²) in [6, 6.07) is 8.05. The molecule has 0 fully saturated rings. The molecule has 2 amide bonds. The average molecular weight is 485 g/mol. The Balaban J connectivity index is 2.05. The second kappa shape index (κ2) is 9.72. The second-order valence-electron chi connectivity index (χ2n) is 8.35. The summed E-state index contributed by atoms with van der Waals surface area (Å²) < 4.78 is 34.0. The lowest BCUT2D eigenvalue weighted by molar-refractivity contribution is 0.0952. The average Bonchev–Trinajstić information content (AvgIpc) is 3.29. The minimum absolute atomic E-state index is 0.0438. The Kier molecular flexibility index (Phi) is 7.16. The van der Waals surface area contributed by atoms with E-state index in [9.17, 15) is 18.0 Å². The van der Waals surface area contributed by atoms with Gasteiger partial charge in [0.1, 0.15) is 0 Å². The molecule has 180 valence electrons. The minimum Gasteiger partial charge on any atom is -0.459 e. The van der Waals surface area contributed by atoms with Crippen LogP contribution in [0.2, 0.25) is 0 Å². The maximum absolute atomic E-state index is 13.2. The van der Waals surface area contributed by atoms with Gasteiger partial charge in [0, 0.05) is 12.8 Å². The zero-order valence-corrected chi connectivity index (χ0v) is 20.5. The fourth-order valence-corrected chi connectivity index (χ4v) is 3.82. The lowest BCUT2D eigenvalue weighted by Crippen LogP contribution is -2.52. The highest BCUT2D eigenvalue weighted by Crippen LogP contribution is 2.39. The number of allylic oxidation sites excluding steroid dienone is 3. The van der Waals surface area contributed by atoms with Crippen molar-refractivity contribution in [3.63, 3.8) is 0 Å². The van der Waals surface area contributed by atoms with Crippen LogP contribution in [0, 0.1) is 0 Å². The van der Waals surface area contributed by atoms with E-state index >= 15 is 0 Å². The van der Waals surface area contributed by atoms with Gasteiger partial charge in [0.05, 0.1) is 34.7 Å². The van der Waals surface area contributed by atoms with E-state index in [0.717, 1.165) is 6.26 Å². The molecule has 2 aromatic rings. The quantitative estimate of drug-likeness (QED) is 0.546. The molecule has 2 heterocycles. The third-order valence-electron chi connectivity index (χ3n) is 5.24. The van der Waals surface area contributed by atoms with E-state index in [4.69, 9.17) is 9.15 Å². The molecule has 0 aliphatic carbocycles. The van der Waals surface area contributed by atoms with E-state index in [1.54, 1.807) is 55.2 Å². The molecule has 0 bridgehead atoms. The molecule has 1 aromatic heterocycles. The third-order valence-corrected chi connectivity index (χ3v) is 6.33. The van der Waals surface area contributed by atoms with Crippen LogP contribution in [0.15, 0.2) is 71.2 Å². The fraction of sp³-hybridized carbons (Fsp3) is 0.280. The molecular formula is C25H28N2O6S. The lowest BCUT2D eigenvalue weighted by atomic mass is 10.0. The van der Waals surface area contributed by atoms with Crippen molar-refractivity contribution in [2.24, 2.45) is 0 Å². The number of hydrogen-bond donors (Lipinski definition) is 0. The predicted octanol–water partition coefficient (Wildman–Crippen LogP) is 4.81. The largest absolute Gasteiger partial charge is 0.459 e. The summed E-state index contributed by atoms with van der Waals surface area (Å²) in [5.74, 6) is -0.177. The second-order valence-corrected chi connectivity index (χ2v) is 10.4. The van der Waals surface area contributed by atoms with Crippen molar-refractivity contribution in [1.29, 1.82) is 0 Å². The molecule has 1 unspecified atom stereocenters. The first-order valence-electron chi connectivity index (χ1n) is 10.7. The molecule has 1 aliphatic rings. The maximum atomic E-state index is 13.2. The Morgan fingerprint density at radius 3 is 2.47 bits per heavy atom. The topological polar surface area (TPSA) is 97.1 Å². The summed E-state index contributed by atoms with van der Waals surface area (Å²) >= 11 is 0.